The van der Waals surface area contributed by atoms with Crippen LogP contribution in [0.3, 0.4) is 0 Å². The molecule has 0 aliphatic carbocycles. The van der Waals surface area contributed by atoms with E-state index in [2.05, 4.69) is 26.1 Å². The molecule has 19 heavy (non-hydrogen) atoms. The zero-order valence-electron chi connectivity index (χ0n) is 9.75. The normalized spacial score (nSPS) is 10.6. The van der Waals surface area contributed by atoms with Gasteiger partial charge in [0.2, 0.25) is 11.8 Å². The summed E-state index contributed by atoms with van der Waals surface area (Å²) in [5.41, 5.74) is 1.52. The summed E-state index contributed by atoms with van der Waals surface area (Å²) in [4.78, 5) is 0. The summed E-state index contributed by atoms with van der Waals surface area (Å²) >= 11 is 3.44. The summed E-state index contributed by atoms with van der Waals surface area (Å²) in [6, 6.07) is 14.3. The number of aromatic nitrogens is 2. The molecule has 1 aromatic heterocycles. The number of nitrogens with zero attached hydrogens (tertiary/aromatic N) is 2. The Balaban J connectivity index is 2.03. The summed E-state index contributed by atoms with van der Waals surface area (Å²) in [6.07, 6.45) is 0. The molecule has 0 aliphatic rings. The lowest BCUT2D eigenvalue weighted by Gasteiger charge is -1.98. The van der Waals surface area contributed by atoms with Gasteiger partial charge in [-0.15, -0.1) is 10.2 Å². The van der Waals surface area contributed by atoms with E-state index in [9.17, 15) is 5.11 Å². The Kier molecular flexibility index (Phi) is 3.05. The highest BCUT2D eigenvalue weighted by Crippen LogP contribution is 2.29. The molecule has 0 aliphatic heterocycles. The highest BCUT2D eigenvalue weighted by Gasteiger charge is 2.12. The van der Waals surface area contributed by atoms with Crippen LogP contribution >= 0.6 is 15.9 Å². The monoisotopic (exact) mass is 316 g/mol. The summed E-state index contributed by atoms with van der Waals surface area (Å²) < 4.78 is 6.52. The third-order valence-corrected chi connectivity index (χ3v) is 3.31. The van der Waals surface area contributed by atoms with Crippen molar-refractivity contribution in [3.8, 4) is 28.7 Å². The predicted molar refractivity (Wildman–Crippen MR) is 74.5 cm³/mol. The van der Waals surface area contributed by atoms with E-state index >= 15 is 0 Å². The largest absolute Gasteiger partial charge is 0.508 e. The van der Waals surface area contributed by atoms with Crippen molar-refractivity contribution in [2.24, 2.45) is 0 Å². The molecule has 0 saturated carbocycles. The van der Waals surface area contributed by atoms with E-state index in [1.54, 1.807) is 24.3 Å². The maximum absolute atomic E-state index is 9.44. The van der Waals surface area contributed by atoms with E-state index in [0.717, 1.165) is 10.0 Å². The van der Waals surface area contributed by atoms with Crippen LogP contribution in [0.25, 0.3) is 22.9 Å². The van der Waals surface area contributed by atoms with Gasteiger partial charge in [-0.3, -0.25) is 0 Å². The lowest BCUT2D eigenvalue weighted by molar-refractivity contribution is 0.475. The van der Waals surface area contributed by atoms with Gasteiger partial charge in [0.1, 0.15) is 5.75 Å². The standard InChI is InChI=1S/C14H9BrN2O2/c15-12-7-2-1-6-11(12)14-17-16-13(19-14)9-4-3-5-10(18)8-9/h1-8,18H. The Morgan fingerprint density at radius 1 is 0.947 bits per heavy atom. The fourth-order valence-corrected chi connectivity index (χ4v) is 2.18. The van der Waals surface area contributed by atoms with Crippen molar-refractivity contribution in [2.75, 3.05) is 0 Å². The van der Waals surface area contributed by atoms with Crippen LogP contribution in [0, 0.1) is 0 Å². The van der Waals surface area contributed by atoms with Crippen LogP contribution in [-0.2, 0) is 0 Å². The SMILES string of the molecule is Oc1cccc(-c2nnc(-c3ccccc3Br)o2)c1. The van der Waals surface area contributed by atoms with Crippen LogP contribution in [0.5, 0.6) is 5.75 Å². The van der Waals surface area contributed by atoms with Gasteiger partial charge in [-0.1, -0.05) is 18.2 Å². The minimum Gasteiger partial charge on any atom is -0.508 e. The molecule has 0 saturated heterocycles. The second-order valence-corrected chi connectivity index (χ2v) is 4.80. The zero-order valence-corrected chi connectivity index (χ0v) is 11.3. The molecule has 0 unspecified atom stereocenters. The first kappa shape index (κ1) is 11.9. The second kappa shape index (κ2) is 4.85. The Bertz CT molecular complexity index is 725. The third kappa shape index (κ3) is 2.37. The van der Waals surface area contributed by atoms with Gasteiger partial charge >= 0.3 is 0 Å². The van der Waals surface area contributed by atoms with Gasteiger partial charge in [0.25, 0.3) is 0 Å². The van der Waals surface area contributed by atoms with E-state index in [4.69, 9.17) is 4.42 Å². The number of hydrogen-bond donors (Lipinski definition) is 1. The summed E-state index contributed by atoms with van der Waals surface area (Å²) in [6.45, 7) is 0. The molecule has 94 valence electrons. The Hall–Kier alpha value is -2.14. The van der Waals surface area contributed by atoms with Gasteiger partial charge < -0.3 is 9.52 Å². The maximum Gasteiger partial charge on any atom is 0.249 e. The first-order valence-corrected chi connectivity index (χ1v) is 6.41. The van der Waals surface area contributed by atoms with Crippen molar-refractivity contribution < 1.29 is 9.52 Å². The molecule has 0 bridgehead atoms. The Morgan fingerprint density at radius 2 is 1.74 bits per heavy atom. The van der Waals surface area contributed by atoms with Crippen molar-refractivity contribution in [3.63, 3.8) is 0 Å². The zero-order chi connectivity index (χ0) is 13.2. The highest BCUT2D eigenvalue weighted by atomic mass is 79.9. The van der Waals surface area contributed by atoms with Crippen molar-refractivity contribution in [3.05, 3.63) is 53.0 Å². The van der Waals surface area contributed by atoms with Gasteiger partial charge in [0, 0.05) is 10.0 Å². The molecular weight excluding hydrogens is 308 g/mol. The first-order chi connectivity index (χ1) is 9.24. The number of phenolic OH excluding ortho intramolecular Hbond substituents is 1. The van der Waals surface area contributed by atoms with E-state index in [-0.39, 0.29) is 5.75 Å². The van der Waals surface area contributed by atoms with Gasteiger partial charge in [0.05, 0.1) is 5.56 Å². The van der Waals surface area contributed by atoms with Gasteiger partial charge in [-0.25, -0.2) is 0 Å². The van der Waals surface area contributed by atoms with Crippen molar-refractivity contribution in [1.82, 2.24) is 10.2 Å². The smallest absolute Gasteiger partial charge is 0.249 e. The summed E-state index contributed by atoms with van der Waals surface area (Å²) in [5, 5.41) is 17.5. The molecule has 1 heterocycles. The van der Waals surface area contributed by atoms with E-state index in [1.807, 2.05) is 24.3 Å². The lowest BCUT2D eigenvalue weighted by atomic mass is 10.2. The number of aromatic hydroxyl groups is 1. The molecule has 1 N–H and O–H groups in total. The summed E-state index contributed by atoms with van der Waals surface area (Å²) in [5.74, 6) is 0.977. The molecule has 0 spiro atoms. The molecule has 0 radical (unpaired) electrons. The molecule has 4 nitrogen and oxygen atoms in total. The highest BCUT2D eigenvalue weighted by molar-refractivity contribution is 9.10. The molecule has 5 heteroatoms. The average molecular weight is 317 g/mol. The maximum atomic E-state index is 9.44. The van der Waals surface area contributed by atoms with Crippen molar-refractivity contribution >= 4 is 15.9 Å². The predicted octanol–water partition coefficient (Wildman–Crippen LogP) is 3.87. The first-order valence-electron chi connectivity index (χ1n) is 5.62. The molecule has 0 atom stereocenters. The molecule has 2 aromatic carbocycles. The van der Waals surface area contributed by atoms with E-state index in [0.29, 0.717) is 17.3 Å². The van der Waals surface area contributed by atoms with Crippen LogP contribution in [0.4, 0.5) is 0 Å². The topological polar surface area (TPSA) is 59.2 Å². The molecule has 3 aromatic rings. The molecular formula is C14H9BrN2O2. The number of rotatable bonds is 2. The number of phenols is 1. The van der Waals surface area contributed by atoms with Crippen LogP contribution in [-0.4, -0.2) is 15.3 Å². The van der Waals surface area contributed by atoms with Crippen LogP contribution in [0.15, 0.2) is 57.4 Å². The number of benzene rings is 2. The minimum atomic E-state index is 0.165. The van der Waals surface area contributed by atoms with Gasteiger partial charge in [-0.05, 0) is 46.3 Å². The average Bonchev–Trinajstić information content (AvgIpc) is 2.89. The molecule has 0 amide bonds. The van der Waals surface area contributed by atoms with Gasteiger partial charge in [0.15, 0.2) is 0 Å². The Labute approximate surface area is 117 Å². The number of hydrogen-bond acceptors (Lipinski definition) is 4. The minimum absolute atomic E-state index is 0.165. The quantitative estimate of drug-likeness (QED) is 0.779. The third-order valence-electron chi connectivity index (χ3n) is 2.62. The number of halogens is 1. The van der Waals surface area contributed by atoms with Crippen LogP contribution < -0.4 is 0 Å². The fourth-order valence-electron chi connectivity index (χ4n) is 1.72. The van der Waals surface area contributed by atoms with E-state index in [1.165, 1.54) is 0 Å². The fraction of sp³-hybridized carbons (Fsp3) is 0. The summed E-state index contributed by atoms with van der Waals surface area (Å²) in [7, 11) is 0. The molecule has 0 fully saturated rings. The Morgan fingerprint density at radius 3 is 2.53 bits per heavy atom. The van der Waals surface area contributed by atoms with Crippen LogP contribution in [0.1, 0.15) is 0 Å². The van der Waals surface area contributed by atoms with Crippen molar-refractivity contribution in [1.29, 1.82) is 0 Å². The lowest BCUT2D eigenvalue weighted by Crippen LogP contribution is -1.78. The van der Waals surface area contributed by atoms with Gasteiger partial charge in [-0.2, -0.15) is 0 Å². The van der Waals surface area contributed by atoms with Crippen molar-refractivity contribution in [2.45, 2.75) is 0 Å². The second-order valence-electron chi connectivity index (χ2n) is 3.94. The van der Waals surface area contributed by atoms with Crippen LogP contribution in [0.2, 0.25) is 0 Å². The van der Waals surface area contributed by atoms with E-state index < -0.39 is 0 Å². The molecule has 3 rings (SSSR count).